The first-order valence-corrected chi connectivity index (χ1v) is 9.17. The van der Waals surface area contributed by atoms with Crippen LogP contribution in [0.3, 0.4) is 0 Å². The lowest BCUT2D eigenvalue weighted by atomic mass is 10.1. The third-order valence-corrected chi connectivity index (χ3v) is 5.10. The number of aliphatic hydroxyl groups is 1. The first kappa shape index (κ1) is 17.8. The molecule has 2 aromatic carbocycles. The molecule has 0 aliphatic carbocycles. The molecule has 1 aromatic heterocycles. The van der Waals surface area contributed by atoms with Crippen LogP contribution in [-0.4, -0.2) is 16.6 Å². The van der Waals surface area contributed by atoms with Gasteiger partial charge in [0.2, 0.25) is 0 Å². The van der Waals surface area contributed by atoms with Crippen molar-refractivity contribution in [2.45, 2.75) is 26.1 Å². The lowest BCUT2D eigenvalue weighted by Crippen LogP contribution is -2.27. The van der Waals surface area contributed by atoms with Gasteiger partial charge >= 0.3 is 0 Å². The molecule has 0 aliphatic rings. The standard InChI is InChI=1S/C21H22FNOS/c1-16-7-12-20(25-16)14-23(13-17-8-10-19(22)11-9-17)15-21(24)18-5-3-2-4-6-18/h2-12,21,24H,13-15H2,1H3. The number of nitrogens with zero attached hydrogens (tertiary/aromatic N) is 1. The Balaban J connectivity index is 1.74. The van der Waals surface area contributed by atoms with E-state index in [1.165, 1.54) is 21.9 Å². The summed E-state index contributed by atoms with van der Waals surface area (Å²) in [5, 5.41) is 10.6. The van der Waals surface area contributed by atoms with Crippen molar-refractivity contribution in [2.24, 2.45) is 0 Å². The number of hydrogen-bond donors (Lipinski definition) is 1. The van der Waals surface area contributed by atoms with Gasteiger partial charge < -0.3 is 5.11 Å². The van der Waals surface area contributed by atoms with Gasteiger partial charge in [-0.25, -0.2) is 4.39 Å². The Morgan fingerprint density at radius 1 is 0.960 bits per heavy atom. The summed E-state index contributed by atoms with van der Waals surface area (Å²) in [7, 11) is 0. The molecule has 3 aromatic rings. The van der Waals surface area contributed by atoms with Gasteiger partial charge in [-0.3, -0.25) is 4.90 Å². The van der Waals surface area contributed by atoms with Crippen molar-refractivity contribution in [1.29, 1.82) is 0 Å². The van der Waals surface area contributed by atoms with Crippen LogP contribution in [0.4, 0.5) is 4.39 Å². The van der Waals surface area contributed by atoms with Gasteiger partial charge in [-0.1, -0.05) is 42.5 Å². The van der Waals surface area contributed by atoms with E-state index in [1.54, 1.807) is 23.5 Å². The largest absolute Gasteiger partial charge is 0.387 e. The van der Waals surface area contributed by atoms with Gasteiger partial charge in [-0.05, 0) is 42.3 Å². The van der Waals surface area contributed by atoms with E-state index in [4.69, 9.17) is 0 Å². The number of halogens is 1. The Morgan fingerprint density at radius 3 is 2.32 bits per heavy atom. The molecule has 0 amide bonds. The van der Waals surface area contributed by atoms with Crippen molar-refractivity contribution in [1.82, 2.24) is 4.90 Å². The number of aliphatic hydroxyl groups excluding tert-OH is 1. The zero-order chi connectivity index (χ0) is 17.6. The maximum atomic E-state index is 13.2. The first-order valence-electron chi connectivity index (χ1n) is 8.35. The molecule has 0 saturated heterocycles. The SMILES string of the molecule is Cc1ccc(CN(Cc2ccc(F)cc2)CC(O)c2ccccc2)s1. The highest BCUT2D eigenvalue weighted by atomic mass is 32.1. The maximum absolute atomic E-state index is 13.2. The second-order valence-electron chi connectivity index (χ2n) is 6.23. The summed E-state index contributed by atoms with van der Waals surface area (Å²) in [5.41, 5.74) is 1.95. The van der Waals surface area contributed by atoms with Crippen molar-refractivity contribution in [3.05, 3.63) is 93.4 Å². The Morgan fingerprint density at radius 2 is 1.68 bits per heavy atom. The van der Waals surface area contributed by atoms with Crippen LogP contribution in [0.5, 0.6) is 0 Å². The fraction of sp³-hybridized carbons (Fsp3) is 0.238. The number of rotatable bonds is 7. The fourth-order valence-corrected chi connectivity index (χ4v) is 3.78. The maximum Gasteiger partial charge on any atom is 0.123 e. The average molecular weight is 355 g/mol. The van der Waals surface area contributed by atoms with Gasteiger partial charge in [0.1, 0.15) is 5.82 Å². The molecule has 3 rings (SSSR count). The summed E-state index contributed by atoms with van der Waals surface area (Å²) in [6.07, 6.45) is -0.553. The van der Waals surface area contributed by atoms with Crippen molar-refractivity contribution in [2.75, 3.05) is 6.54 Å². The van der Waals surface area contributed by atoms with Crippen LogP contribution >= 0.6 is 11.3 Å². The Labute approximate surface area is 152 Å². The number of hydrogen-bond acceptors (Lipinski definition) is 3. The quantitative estimate of drug-likeness (QED) is 0.649. The minimum atomic E-state index is -0.553. The van der Waals surface area contributed by atoms with E-state index >= 15 is 0 Å². The molecule has 0 spiro atoms. The van der Waals surface area contributed by atoms with Gasteiger partial charge in [0.05, 0.1) is 6.10 Å². The second kappa shape index (κ2) is 8.39. The van der Waals surface area contributed by atoms with Gasteiger partial charge in [0.25, 0.3) is 0 Å². The molecule has 130 valence electrons. The average Bonchev–Trinajstić information content (AvgIpc) is 3.02. The van der Waals surface area contributed by atoms with Crippen LogP contribution in [-0.2, 0) is 13.1 Å². The van der Waals surface area contributed by atoms with Crippen molar-refractivity contribution in [3.63, 3.8) is 0 Å². The van der Waals surface area contributed by atoms with E-state index in [1.807, 2.05) is 30.3 Å². The molecule has 0 bridgehead atoms. The summed E-state index contributed by atoms with van der Waals surface area (Å²) in [5.74, 6) is -0.228. The van der Waals surface area contributed by atoms with E-state index in [0.29, 0.717) is 13.1 Å². The Kier molecular flexibility index (Phi) is 5.97. The molecule has 0 fully saturated rings. The van der Waals surface area contributed by atoms with Gasteiger partial charge in [0, 0.05) is 29.4 Å². The normalized spacial score (nSPS) is 12.5. The molecule has 0 saturated carbocycles. The Hall–Kier alpha value is -2.01. The van der Waals surface area contributed by atoms with Crippen molar-refractivity contribution < 1.29 is 9.50 Å². The van der Waals surface area contributed by atoms with Crippen LogP contribution in [0, 0.1) is 12.7 Å². The van der Waals surface area contributed by atoms with Gasteiger partial charge in [0.15, 0.2) is 0 Å². The molecule has 4 heteroatoms. The third-order valence-electron chi connectivity index (χ3n) is 4.11. The summed E-state index contributed by atoms with van der Waals surface area (Å²) in [6, 6.07) is 20.5. The minimum Gasteiger partial charge on any atom is -0.387 e. The van der Waals surface area contributed by atoms with Gasteiger partial charge in [-0.2, -0.15) is 0 Å². The van der Waals surface area contributed by atoms with Crippen LogP contribution in [0.15, 0.2) is 66.7 Å². The molecular formula is C21H22FNOS. The lowest BCUT2D eigenvalue weighted by Gasteiger charge is -2.25. The number of thiophene rings is 1. The predicted octanol–water partition coefficient (Wildman–Crippen LogP) is 4.93. The minimum absolute atomic E-state index is 0.228. The predicted molar refractivity (Wildman–Crippen MR) is 101 cm³/mol. The molecular weight excluding hydrogens is 333 g/mol. The molecule has 1 unspecified atom stereocenters. The van der Waals surface area contributed by atoms with Crippen LogP contribution in [0.1, 0.15) is 27.0 Å². The summed E-state index contributed by atoms with van der Waals surface area (Å²) >= 11 is 1.77. The van der Waals surface area contributed by atoms with E-state index in [-0.39, 0.29) is 5.82 Å². The van der Waals surface area contributed by atoms with Crippen molar-refractivity contribution in [3.8, 4) is 0 Å². The van der Waals surface area contributed by atoms with Crippen molar-refractivity contribution >= 4 is 11.3 Å². The molecule has 1 N–H and O–H groups in total. The molecule has 0 aliphatic heterocycles. The highest BCUT2D eigenvalue weighted by molar-refractivity contribution is 7.11. The molecule has 1 heterocycles. The number of aryl methyl sites for hydroxylation is 1. The van der Waals surface area contributed by atoms with E-state index in [9.17, 15) is 9.50 Å². The zero-order valence-electron chi connectivity index (χ0n) is 14.2. The highest BCUT2D eigenvalue weighted by Crippen LogP contribution is 2.21. The van der Waals surface area contributed by atoms with Crippen LogP contribution in [0.25, 0.3) is 0 Å². The van der Waals surface area contributed by atoms with Gasteiger partial charge in [-0.15, -0.1) is 11.3 Å². The lowest BCUT2D eigenvalue weighted by molar-refractivity contribution is 0.105. The Bertz CT molecular complexity index is 785. The fourth-order valence-electron chi connectivity index (χ4n) is 2.85. The van der Waals surface area contributed by atoms with E-state index < -0.39 is 6.10 Å². The number of benzene rings is 2. The van der Waals surface area contributed by atoms with Crippen LogP contribution < -0.4 is 0 Å². The molecule has 0 radical (unpaired) electrons. The molecule has 1 atom stereocenters. The topological polar surface area (TPSA) is 23.5 Å². The third kappa shape index (κ3) is 5.23. The monoisotopic (exact) mass is 355 g/mol. The summed E-state index contributed by atoms with van der Waals surface area (Å²) in [4.78, 5) is 4.75. The summed E-state index contributed by atoms with van der Waals surface area (Å²) < 4.78 is 13.2. The zero-order valence-corrected chi connectivity index (χ0v) is 15.0. The van der Waals surface area contributed by atoms with Crippen LogP contribution in [0.2, 0.25) is 0 Å². The first-order chi connectivity index (χ1) is 12.1. The van der Waals surface area contributed by atoms with E-state index in [2.05, 4.69) is 24.0 Å². The summed E-state index contributed by atoms with van der Waals surface area (Å²) in [6.45, 7) is 4.05. The smallest absolute Gasteiger partial charge is 0.123 e. The highest BCUT2D eigenvalue weighted by Gasteiger charge is 2.15. The molecule has 2 nitrogen and oxygen atoms in total. The molecule has 25 heavy (non-hydrogen) atoms. The van der Waals surface area contributed by atoms with E-state index in [0.717, 1.165) is 17.7 Å². The second-order valence-corrected chi connectivity index (χ2v) is 7.61.